The molecule has 5 nitrogen and oxygen atoms in total. The van der Waals surface area contributed by atoms with Gasteiger partial charge in [-0.05, 0) is 25.2 Å². The third kappa shape index (κ3) is 7.62. The van der Waals surface area contributed by atoms with E-state index in [-0.39, 0.29) is 30.5 Å². The second-order valence-corrected chi connectivity index (χ2v) is 6.85. The number of benzene rings is 1. The van der Waals surface area contributed by atoms with Crippen LogP contribution in [0.5, 0.6) is 0 Å². The number of thiazole rings is 1. The van der Waals surface area contributed by atoms with Gasteiger partial charge in [-0.1, -0.05) is 24.3 Å². The standard InChI is InChI=1S/C17H22F3N5S.HI/c1-21-16(23-9-15-24-14(11-26-15)17(18,19)20)22-8-12-6-4-5-7-13(12)10-25(2)3;/h4-7,11H,8-10H2,1-3H3,(H2,21,22,23);1H. The van der Waals surface area contributed by atoms with Crippen LogP contribution in [0.15, 0.2) is 34.6 Å². The lowest BCUT2D eigenvalue weighted by molar-refractivity contribution is -0.140. The second kappa shape index (κ2) is 10.8. The summed E-state index contributed by atoms with van der Waals surface area (Å²) in [4.78, 5) is 9.79. The van der Waals surface area contributed by atoms with Crippen LogP contribution in [0.25, 0.3) is 0 Å². The van der Waals surface area contributed by atoms with Gasteiger partial charge in [-0.2, -0.15) is 13.2 Å². The Labute approximate surface area is 178 Å². The minimum absolute atomic E-state index is 0. The molecule has 0 spiro atoms. The van der Waals surface area contributed by atoms with Crippen molar-refractivity contribution < 1.29 is 13.2 Å². The molecule has 150 valence electrons. The maximum atomic E-state index is 12.6. The van der Waals surface area contributed by atoms with Gasteiger partial charge in [-0.3, -0.25) is 4.99 Å². The smallest absolute Gasteiger partial charge is 0.352 e. The quantitative estimate of drug-likeness (QED) is 0.352. The predicted molar refractivity (Wildman–Crippen MR) is 113 cm³/mol. The maximum absolute atomic E-state index is 12.6. The molecule has 0 aliphatic heterocycles. The molecular weight excluding hydrogens is 490 g/mol. The van der Waals surface area contributed by atoms with Crippen LogP contribution in [0.3, 0.4) is 0 Å². The Morgan fingerprint density at radius 1 is 1.15 bits per heavy atom. The van der Waals surface area contributed by atoms with Crippen LogP contribution < -0.4 is 10.6 Å². The fourth-order valence-electron chi connectivity index (χ4n) is 2.31. The van der Waals surface area contributed by atoms with Gasteiger partial charge in [0.15, 0.2) is 11.7 Å². The summed E-state index contributed by atoms with van der Waals surface area (Å²) >= 11 is 0.971. The average molecular weight is 513 g/mol. The Balaban J connectivity index is 0.00000364. The van der Waals surface area contributed by atoms with Crippen molar-refractivity contribution in [3.05, 3.63) is 51.5 Å². The largest absolute Gasteiger partial charge is 0.434 e. The second-order valence-electron chi connectivity index (χ2n) is 5.91. The first-order valence-corrected chi connectivity index (χ1v) is 8.85. The minimum Gasteiger partial charge on any atom is -0.352 e. The number of rotatable bonds is 6. The van der Waals surface area contributed by atoms with E-state index in [1.807, 2.05) is 32.3 Å². The molecule has 0 aliphatic carbocycles. The molecule has 0 fully saturated rings. The molecule has 0 aliphatic rings. The van der Waals surface area contributed by atoms with Crippen LogP contribution in [0.4, 0.5) is 13.2 Å². The summed E-state index contributed by atoms with van der Waals surface area (Å²) in [5, 5.41) is 7.55. The van der Waals surface area contributed by atoms with Crippen LogP contribution in [0.1, 0.15) is 21.8 Å². The van der Waals surface area contributed by atoms with Gasteiger partial charge in [0.25, 0.3) is 0 Å². The van der Waals surface area contributed by atoms with Gasteiger partial charge in [0, 0.05) is 25.5 Å². The van der Waals surface area contributed by atoms with Gasteiger partial charge in [0.05, 0.1) is 6.54 Å². The third-order valence-corrected chi connectivity index (χ3v) is 4.37. The monoisotopic (exact) mass is 513 g/mol. The van der Waals surface area contributed by atoms with Crippen LogP contribution in [0, 0.1) is 0 Å². The Morgan fingerprint density at radius 2 is 1.78 bits per heavy atom. The number of guanidine groups is 1. The molecule has 0 bridgehead atoms. The van der Waals surface area contributed by atoms with Gasteiger partial charge in [0.2, 0.25) is 0 Å². The first-order chi connectivity index (χ1) is 12.3. The normalized spacial score (nSPS) is 12.0. The fraction of sp³-hybridized carbons (Fsp3) is 0.412. The van der Waals surface area contributed by atoms with Crippen molar-refractivity contribution >= 4 is 41.3 Å². The van der Waals surface area contributed by atoms with E-state index in [0.717, 1.165) is 28.8 Å². The molecule has 2 N–H and O–H groups in total. The van der Waals surface area contributed by atoms with Crippen LogP contribution in [-0.4, -0.2) is 37.0 Å². The van der Waals surface area contributed by atoms with Crippen molar-refractivity contribution in [3.8, 4) is 0 Å². The third-order valence-electron chi connectivity index (χ3n) is 3.52. The molecule has 0 unspecified atom stereocenters. The van der Waals surface area contributed by atoms with Crippen molar-refractivity contribution in [2.75, 3.05) is 21.1 Å². The Bertz CT molecular complexity index is 746. The molecule has 2 aromatic rings. The molecule has 0 saturated carbocycles. The summed E-state index contributed by atoms with van der Waals surface area (Å²) in [6, 6.07) is 8.08. The van der Waals surface area contributed by atoms with E-state index in [0.29, 0.717) is 17.5 Å². The summed E-state index contributed by atoms with van der Waals surface area (Å²) < 4.78 is 37.8. The summed E-state index contributed by atoms with van der Waals surface area (Å²) in [5.74, 6) is 0.508. The highest BCUT2D eigenvalue weighted by Crippen LogP contribution is 2.29. The molecular formula is C17H23F3IN5S. The highest BCUT2D eigenvalue weighted by molar-refractivity contribution is 14.0. The zero-order chi connectivity index (χ0) is 19.2. The molecule has 0 saturated heterocycles. The first-order valence-electron chi connectivity index (χ1n) is 7.97. The van der Waals surface area contributed by atoms with E-state index in [1.54, 1.807) is 7.05 Å². The molecule has 0 radical (unpaired) electrons. The maximum Gasteiger partial charge on any atom is 0.434 e. The van der Waals surface area contributed by atoms with Gasteiger partial charge in [0.1, 0.15) is 5.01 Å². The van der Waals surface area contributed by atoms with E-state index in [2.05, 4.69) is 31.6 Å². The van der Waals surface area contributed by atoms with Gasteiger partial charge < -0.3 is 15.5 Å². The minimum atomic E-state index is -4.41. The van der Waals surface area contributed by atoms with Crippen LogP contribution >= 0.6 is 35.3 Å². The zero-order valence-electron chi connectivity index (χ0n) is 15.3. The highest BCUT2D eigenvalue weighted by atomic mass is 127. The number of hydrogen-bond acceptors (Lipinski definition) is 4. The SMILES string of the molecule is CN=C(NCc1nc(C(F)(F)F)cs1)NCc1ccccc1CN(C)C.I. The lowest BCUT2D eigenvalue weighted by atomic mass is 10.1. The lowest BCUT2D eigenvalue weighted by Crippen LogP contribution is -2.36. The van der Waals surface area contributed by atoms with Gasteiger partial charge in [-0.15, -0.1) is 35.3 Å². The summed E-state index contributed by atoms with van der Waals surface area (Å²) in [6.45, 7) is 1.57. The van der Waals surface area contributed by atoms with Crippen molar-refractivity contribution in [3.63, 3.8) is 0 Å². The number of alkyl halides is 3. The van der Waals surface area contributed by atoms with Crippen molar-refractivity contribution in [1.82, 2.24) is 20.5 Å². The van der Waals surface area contributed by atoms with Crippen molar-refractivity contribution in [2.24, 2.45) is 4.99 Å². The lowest BCUT2D eigenvalue weighted by Gasteiger charge is -2.16. The number of hydrogen-bond donors (Lipinski definition) is 2. The van der Waals surface area contributed by atoms with Crippen LogP contribution in [-0.2, 0) is 25.8 Å². The number of nitrogens with one attached hydrogen (secondary N) is 2. The first kappa shape index (κ1) is 23.6. The van der Waals surface area contributed by atoms with E-state index < -0.39 is 11.9 Å². The zero-order valence-corrected chi connectivity index (χ0v) is 18.4. The highest BCUT2D eigenvalue weighted by Gasteiger charge is 2.33. The Kier molecular flexibility index (Phi) is 9.47. The van der Waals surface area contributed by atoms with E-state index >= 15 is 0 Å². The van der Waals surface area contributed by atoms with Gasteiger partial charge >= 0.3 is 6.18 Å². The number of nitrogens with zero attached hydrogens (tertiary/aromatic N) is 3. The molecule has 1 aromatic heterocycles. The van der Waals surface area contributed by atoms with E-state index in [1.165, 1.54) is 5.56 Å². The Morgan fingerprint density at radius 3 is 2.33 bits per heavy atom. The summed E-state index contributed by atoms with van der Waals surface area (Å²) in [6.07, 6.45) is -4.41. The van der Waals surface area contributed by atoms with E-state index in [9.17, 15) is 13.2 Å². The molecule has 10 heteroatoms. The predicted octanol–water partition coefficient (Wildman–Crippen LogP) is 3.71. The topological polar surface area (TPSA) is 52.6 Å². The molecule has 2 rings (SSSR count). The summed E-state index contributed by atoms with van der Waals surface area (Å²) in [7, 11) is 5.63. The number of halogens is 4. The molecule has 27 heavy (non-hydrogen) atoms. The molecule has 1 aromatic carbocycles. The van der Waals surface area contributed by atoms with E-state index in [4.69, 9.17) is 0 Å². The molecule has 0 atom stereocenters. The number of aliphatic imine (C=N–C) groups is 1. The van der Waals surface area contributed by atoms with Crippen molar-refractivity contribution in [2.45, 2.75) is 25.8 Å². The summed E-state index contributed by atoms with van der Waals surface area (Å²) in [5.41, 5.74) is 1.48. The van der Waals surface area contributed by atoms with Crippen molar-refractivity contribution in [1.29, 1.82) is 0 Å². The molecule has 0 amide bonds. The average Bonchev–Trinajstić information content (AvgIpc) is 3.05. The van der Waals surface area contributed by atoms with Gasteiger partial charge in [-0.25, -0.2) is 4.98 Å². The fourth-order valence-corrected chi connectivity index (χ4v) is 3.05. The number of aromatic nitrogens is 1. The Hall–Kier alpha value is -1.40. The van der Waals surface area contributed by atoms with Crippen LogP contribution in [0.2, 0.25) is 0 Å². The molecule has 1 heterocycles.